The minimum atomic E-state index is -1.15. The summed E-state index contributed by atoms with van der Waals surface area (Å²) in [6, 6.07) is 9.77. The highest BCUT2D eigenvalue weighted by molar-refractivity contribution is 5.74. The second-order valence-electron chi connectivity index (χ2n) is 3.84. The smallest absolute Gasteiger partial charge is 0.336 e. The maximum absolute atomic E-state index is 10.9. The number of methoxy groups -OCH3 is 1. The van der Waals surface area contributed by atoms with E-state index in [0.29, 0.717) is 0 Å². The summed E-state index contributed by atoms with van der Waals surface area (Å²) in [5.41, 5.74) is 1.08. The van der Waals surface area contributed by atoms with Gasteiger partial charge in [-0.3, -0.25) is 5.32 Å². The molecule has 1 saturated heterocycles. The number of epoxide rings is 1. The summed E-state index contributed by atoms with van der Waals surface area (Å²) in [7, 11) is 1.24. The summed E-state index contributed by atoms with van der Waals surface area (Å²) in [6.45, 7) is 0.126. The molecule has 0 aliphatic carbocycles. The molecule has 3 unspecified atom stereocenters. The fourth-order valence-electron chi connectivity index (χ4n) is 1.61. The molecule has 5 heteroatoms. The number of aliphatic hydroxyl groups is 1. The van der Waals surface area contributed by atoms with Crippen LogP contribution in [0.2, 0.25) is 0 Å². The van der Waals surface area contributed by atoms with E-state index in [9.17, 15) is 9.90 Å². The fraction of sp³-hybridized carbons (Fsp3) is 0.417. The first-order chi connectivity index (χ1) is 8.22. The number of rotatable bonds is 5. The first-order valence-electron chi connectivity index (χ1n) is 5.42. The van der Waals surface area contributed by atoms with Crippen molar-refractivity contribution in [3.8, 4) is 0 Å². The van der Waals surface area contributed by atoms with Crippen LogP contribution in [0.3, 0.4) is 0 Å². The standard InChI is InChI=1S/C12H15NO4/c1-16-12(15)9(14)7-13-11-10(17-11)8-5-3-2-4-6-8/h2-6,9-11,13-14H,7H2,1H3. The van der Waals surface area contributed by atoms with E-state index in [1.54, 1.807) is 0 Å². The molecule has 1 aliphatic rings. The zero-order chi connectivity index (χ0) is 12.3. The van der Waals surface area contributed by atoms with E-state index in [2.05, 4.69) is 10.1 Å². The van der Waals surface area contributed by atoms with E-state index >= 15 is 0 Å². The Labute approximate surface area is 99.3 Å². The van der Waals surface area contributed by atoms with Gasteiger partial charge in [0.05, 0.1) is 7.11 Å². The summed E-state index contributed by atoms with van der Waals surface area (Å²) < 4.78 is 9.80. The van der Waals surface area contributed by atoms with Gasteiger partial charge in [0.1, 0.15) is 12.3 Å². The van der Waals surface area contributed by atoms with Crippen LogP contribution in [0.1, 0.15) is 11.7 Å². The minimum Gasteiger partial charge on any atom is -0.467 e. The highest BCUT2D eigenvalue weighted by Crippen LogP contribution is 2.36. The van der Waals surface area contributed by atoms with Gasteiger partial charge in [-0.25, -0.2) is 4.79 Å². The Kier molecular flexibility index (Phi) is 3.73. The molecule has 0 spiro atoms. The molecular formula is C12H15NO4. The molecule has 1 aliphatic heterocycles. The van der Waals surface area contributed by atoms with E-state index in [0.717, 1.165) is 5.56 Å². The lowest BCUT2D eigenvalue weighted by atomic mass is 10.1. The van der Waals surface area contributed by atoms with Crippen molar-refractivity contribution in [2.75, 3.05) is 13.7 Å². The number of aliphatic hydroxyl groups excluding tert-OH is 1. The molecule has 92 valence electrons. The molecule has 0 aromatic heterocycles. The number of nitrogens with one attached hydrogen (secondary N) is 1. The molecule has 5 nitrogen and oxygen atoms in total. The predicted octanol–water partition coefficient (Wildman–Crippen LogP) is 0.207. The van der Waals surface area contributed by atoms with Gasteiger partial charge in [-0.05, 0) is 5.56 Å². The van der Waals surface area contributed by atoms with Crippen LogP contribution in [-0.4, -0.2) is 37.1 Å². The van der Waals surface area contributed by atoms with Crippen LogP contribution < -0.4 is 5.32 Å². The van der Waals surface area contributed by atoms with Gasteiger partial charge in [0.25, 0.3) is 0 Å². The van der Waals surface area contributed by atoms with Crippen molar-refractivity contribution < 1.29 is 19.4 Å². The van der Waals surface area contributed by atoms with Crippen LogP contribution in [0, 0.1) is 0 Å². The molecule has 3 atom stereocenters. The van der Waals surface area contributed by atoms with E-state index in [1.165, 1.54) is 7.11 Å². The molecule has 2 N–H and O–H groups in total. The maximum Gasteiger partial charge on any atom is 0.336 e. The van der Waals surface area contributed by atoms with Crippen molar-refractivity contribution in [2.24, 2.45) is 0 Å². The second-order valence-corrected chi connectivity index (χ2v) is 3.84. The highest BCUT2D eigenvalue weighted by Gasteiger charge is 2.40. The highest BCUT2D eigenvalue weighted by atomic mass is 16.6. The number of ether oxygens (including phenoxy) is 2. The Morgan fingerprint density at radius 1 is 1.53 bits per heavy atom. The SMILES string of the molecule is COC(=O)C(O)CNC1OC1c1ccccc1. The molecule has 0 radical (unpaired) electrons. The molecule has 1 fully saturated rings. The van der Waals surface area contributed by atoms with Gasteiger partial charge in [-0.1, -0.05) is 30.3 Å². The third-order valence-corrected chi connectivity index (χ3v) is 2.61. The Hall–Kier alpha value is -1.43. The van der Waals surface area contributed by atoms with E-state index in [4.69, 9.17) is 4.74 Å². The van der Waals surface area contributed by atoms with Gasteiger partial charge in [-0.2, -0.15) is 0 Å². The molecule has 1 aromatic carbocycles. The third-order valence-electron chi connectivity index (χ3n) is 2.61. The number of carbonyl (C=O) groups excluding carboxylic acids is 1. The minimum absolute atomic E-state index is 0.000969. The molecule has 1 aromatic rings. The first-order valence-corrected chi connectivity index (χ1v) is 5.42. The van der Waals surface area contributed by atoms with Crippen LogP contribution in [0.4, 0.5) is 0 Å². The molecule has 0 bridgehead atoms. The molecule has 2 rings (SSSR count). The number of carbonyl (C=O) groups is 1. The van der Waals surface area contributed by atoms with Gasteiger partial charge in [-0.15, -0.1) is 0 Å². The van der Waals surface area contributed by atoms with Crippen molar-refractivity contribution in [2.45, 2.75) is 18.4 Å². The summed E-state index contributed by atoms with van der Waals surface area (Å²) >= 11 is 0. The van der Waals surface area contributed by atoms with Crippen LogP contribution in [0.5, 0.6) is 0 Å². The molecular weight excluding hydrogens is 222 g/mol. The van der Waals surface area contributed by atoms with Crippen LogP contribution in [0.25, 0.3) is 0 Å². The summed E-state index contributed by atoms with van der Waals surface area (Å²) in [4.78, 5) is 10.9. The number of benzene rings is 1. The number of hydrogen-bond donors (Lipinski definition) is 2. The van der Waals surface area contributed by atoms with E-state index in [-0.39, 0.29) is 18.9 Å². The van der Waals surface area contributed by atoms with Gasteiger partial charge in [0, 0.05) is 6.54 Å². The zero-order valence-corrected chi connectivity index (χ0v) is 9.50. The van der Waals surface area contributed by atoms with Gasteiger partial charge in [0.15, 0.2) is 6.10 Å². The van der Waals surface area contributed by atoms with Crippen molar-refractivity contribution >= 4 is 5.97 Å². The van der Waals surface area contributed by atoms with E-state index in [1.807, 2.05) is 30.3 Å². The van der Waals surface area contributed by atoms with Gasteiger partial charge < -0.3 is 14.6 Å². The van der Waals surface area contributed by atoms with Crippen molar-refractivity contribution in [1.29, 1.82) is 0 Å². The first kappa shape index (κ1) is 12.0. The zero-order valence-electron chi connectivity index (χ0n) is 9.50. The average molecular weight is 237 g/mol. The normalized spacial score (nSPS) is 24.1. The molecule has 17 heavy (non-hydrogen) atoms. The average Bonchev–Trinajstić information content (AvgIpc) is 3.15. The van der Waals surface area contributed by atoms with Gasteiger partial charge >= 0.3 is 5.97 Å². The second kappa shape index (κ2) is 5.27. The topological polar surface area (TPSA) is 71.1 Å². The number of esters is 1. The lowest BCUT2D eigenvalue weighted by molar-refractivity contribution is -0.150. The Bertz CT molecular complexity index is 381. The van der Waals surface area contributed by atoms with Crippen LogP contribution >= 0.6 is 0 Å². The fourth-order valence-corrected chi connectivity index (χ4v) is 1.61. The van der Waals surface area contributed by atoms with Crippen LogP contribution in [0.15, 0.2) is 30.3 Å². The largest absolute Gasteiger partial charge is 0.467 e. The Morgan fingerprint density at radius 3 is 2.88 bits per heavy atom. The molecule has 0 amide bonds. The summed E-state index contributed by atoms with van der Waals surface area (Å²) in [5, 5.41) is 12.3. The molecule has 0 saturated carbocycles. The summed E-state index contributed by atoms with van der Waals surface area (Å²) in [5.74, 6) is -0.644. The summed E-state index contributed by atoms with van der Waals surface area (Å²) in [6.07, 6.45) is -1.29. The monoisotopic (exact) mass is 237 g/mol. The van der Waals surface area contributed by atoms with Gasteiger partial charge in [0.2, 0.25) is 0 Å². The van der Waals surface area contributed by atoms with Crippen molar-refractivity contribution in [1.82, 2.24) is 5.32 Å². The Balaban J connectivity index is 1.76. The van der Waals surface area contributed by atoms with Crippen LogP contribution in [-0.2, 0) is 14.3 Å². The van der Waals surface area contributed by atoms with Crippen molar-refractivity contribution in [3.05, 3.63) is 35.9 Å². The number of hydrogen-bond acceptors (Lipinski definition) is 5. The third kappa shape index (κ3) is 3.03. The van der Waals surface area contributed by atoms with E-state index < -0.39 is 12.1 Å². The quantitative estimate of drug-likeness (QED) is 0.565. The maximum atomic E-state index is 10.9. The Morgan fingerprint density at radius 2 is 2.24 bits per heavy atom. The molecule has 1 heterocycles. The lowest BCUT2D eigenvalue weighted by Gasteiger charge is -2.07. The lowest BCUT2D eigenvalue weighted by Crippen LogP contribution is -2.35. The predicted molar refractivity (Wildman–Crippen MR) is 60.1 cm³/mol. The van der Waals surface area contributed by atoms with Crippen molar-refractivity contribution in [3.63, 3.8) is 0 Å².